The van der Waals surface area contributed by atoms with Gasteiger partial charge in [-0.3, -0.25) is 4.79 Å². The van der Waals surface area contributed by atoms with Gasteiger partial charge in [0.25, 0.3) is 0 Å². The number of carbonyl (C=O) groups is 1. The van der Waals surface area contributed by atoms with Crippen molar-refractivity contribution in [2.75, 3.05) is 7.11 Å². The Hall–Kier alpha value is -0.830. The zero-order chi connectivity index (χ0) is 12.5. The van der Waals surface area contributed by atoms with Gasteiger partial charge >= 0.3 is 5.97 Å². The Bertz CT molecular complexity index is 251. The molecule has 98 valence electrons. The third kappa shape index (κ3) is 5.87. The van der Waals surface area contributed by atoms with Gasteiger partial charge in [-0.1, -0.05) is 25.0 Å². The maximum atomic E-state index is 10.9. The Morgan fingerprint density at radius 3 is 2.82 bits per heavy atom. The second kappa shape index (κ2) is 8.29. The van der Waals surface area contributed by atoms with E-state index in [2.05, 4.69) is 16.9 Å². The van der Waals surface area contributed by atoms with Crippen LogP contribution in [0.4, 0.5) is 0 Å². The predicted molar refractivity (Wildman–Crippen MR) is 69.6 cm³/mol. The van der Waals surface area contributed by atoms with Gasteiger partial charge in [0.05, 0.1) is 7.11 Å². The average molecular weight is 239 g/mol. The maximum Gasteiger partial charge on any atom is 0.305 e. The first-order valence-corrected chi connectivity index (χ1v) is 6.71. The molecule has 2 N–H and O–H groups in total. The van der Waals surface area contributed by atoms with E-state index in [9.17, 15) is 4.79 Å². The Balaban J connectivity index is 2.06. The fourth-order valence-electron chi connectivity index (χ4n) is 2.38. The van der Waals surface area contributed by atoms with Crippen molar-refractivity contribution in [1.29, 1.82) is 0 Å². The number of hydrogen-bond donors (Lipinski definition) is 1. The highest BCUT2D eigenvalue weighted by atomic mass is 16.5. The Labute approximate surface area is 104 Å². The molecule has 1 rings (SSSR count). The molecule has 0 heterocycles. The van der Waals surface area contributed by atoms with Gasteiger partial charge in [0, 0.05) is 12.5 Å². The van der Waals surface area contributed by atoms with Crippen LogP contribution in [0, 0.1) is 5.92 Å². The van der Waals surface area contributed by atoms with E-state index in [0.717, 1.165) is 19.3 Å². The van der Waals surface area contributed by atoms with Gasteiger partial charge in [0.15, 0.2) is 0 Å². The number of methoxy groups -OCH3 is 1. The van der Waals surface area contributed by atoms with Crippen LogP contribution in [0.1, 0.15) is 51.4 Å². The molecule has 0 bridgehead atoms. The highest BCUT2D eigenvalue weighted by molar-refractivity contribution is 5.68. The molecular formula is C14H25NO2. The zero-order valence-electron chi connectivity index (χ0n) is 10.9. The lowest BCUT2D eigenvalue weighted by molar-refractivity contribution is -0.140. The SMILES string of the molecule is COC(=O)CCC/C=C\C[C@H]1CCCC[C@@H]1N. The molecule has 0 unspecified atom stereocenters. The molecule has 0 aromatic rings. The quantitative estimate of drug-likeness (QED) is 0.440. The van der Waals surface area contributed by atoms with Crippen LogP contribution in [0.25, 0.3) is 0 Å². The van der Waals surface area contributed by atoms with Crippen LogP contribution in [0.15, 0.2) is 12.2 Å². The summed E-state index contributed by atoms with van der Waals surface area (Å²) in [6, 6.07) is 0.392. The summed E-state index contributed by atoms with van der Waals surface area (Å²) >= 11 is 0. The van der Waals surface area contributed by atoms with E-state index in [-0.39, 0.29) is 5.97 Å². The van der Waals surface area contributed by atoms with Gasteiger partial charge in [-0.15, -0.1) is 0 Å². The van der Waals surface area contributed by atoms with Crippen molar-refractivity contribution in [2.45, 2.75) is 57.4 Å². The van der Waals surface area contributed by atoms with Crippen molar-refractivity contribution in [1.82, 2.24) is 0 Å². The summed E-state index contributed by atoms with van der Waals surface area (Å²) in [4.78, 5) is 10.9. The van der Waals surface area contributed by atoms with Crippen molar-refractivity contribution in [3.05, 3.63) is 12.2 Å². The number of carbonyl (C=O) groups excluding carboxylic acids is 1. The summed E-state index contributed by atoms with van der Waals surface area (Å²) in [7, 11) is 1.43. The van der Waals surface area contributed by atoms with Gasteiger partial charge in [0.1, 0.15) is 0 Å². The Morgan fingerprint density at radius 2 is 2.12 bits per heavy atom. The van der Waals surface area contributed by atoms with Crippen LogP contribution >= 0.6 is 0 Å². The van der Waals surface area contributed by atoms with Crippen LogP contribution in [-0.2, 0) is 9.53 Å². The average Bonchev–Trinajstić information content (AvgIpc) is 2.35. The fraction of sp³-hybridized carbons (Fsp3) is 0.786. The van der Waals surface area contributed by atoms with Crippen molar-refractivity contribution in [2.24, 2.45) is 11.7 Å². The molecule has 1 saturated carbocycles. The van der Waals surface area contributed by atoms with E-state index in [1.54, 1.807) is 0 Å². The minimum absolute atomic E-state index is 0.118. The zero-order valence-corrected chi connectivity index (χ0v) is 10.9. The summed E-state index contributed by atoms with van der Waals surface area (Å²) in [5.74, 6) is 0.549. The standard InChI is InChI=1S/C14H25NO2/c1-17-14(16)11-5-3-2-4-8-12-9-6-7-10-13(12)15/h2,4,12-13H,3,5-11,15H2,1H3/b4-2-/t12-,13-/m0/s1. The number of allylic oxidation sites excluding steroid dienone is 2. The molecule has 0 amide bonds. The highest BCUT2D eigenvalue weighted by Crippen LogP contribution is 2.25. The highest BCUT2D eigenvalue weighted by Gasteiger charge is 2.19. The third-order valence-corrected chi connectivity index (χ3v) is 3.55. The minimum atomic E-state index is -0.118. The molecule has 0 aromatic carbocycles. The molecule has 0 aromatic heterocycles. The second-order valence-electron chi connectivity index (χ2n) is 4.88. The van der Waals surface area contributed by atoms with Gasteiger partial charge in [-0.25, -0.2) is 0 Å². The maximum absolute atomic E-state index is 10.9. The minimum Gasteiger partial charge on any atom is -0.469 e. The normalized spacial score (nSPS) is 25.1. The van der Waals surface area contributed by atoms with E-state index in [1.165, 1.54) is 32.8 Å². The number of rotatable bonds is 6. The van der Waals surface area contributed by atoms with Gasteiger partial charge in [-0.05, 0) is 38.0 Å². The molecule has 1 aliphatic carbocycles. The van der Waals surface area contributed by atoms with E-state index in [1.807, 2.05) is 0 Å². The number of esters is 1. The molecular weight excluding hydrogens is 214 g/mol. The summed E-state index contributed by atoms with van der Waals surface area (Å²) in [5, 5.41) is 0. The van der Waals surface area contributed by atoms with Crippen LogP contribution in [0.3, 0.4) is 0 Å². The smallest absolute Gasteiger partial charge is 0.305 e. The number of unbranched alkanes of at least 4 members (excludes halogenated alkanes) is 1. The van der Waals surface area contributed by atoms with Gasteiger partial charge in [-0.2, -0.15) is 0 Å². The topological polar surface area (TPSA) is 52.3 Å². The van der Waals surface area contributed by atoms with Crippen molar-refractivity contribution >= 4 is 5.97 Å². The summed E-state index contributed by atoms with van der Waals surface area (Å²) < 4.78 is 4.59. The lowest BCUT2D eigenvalue weighted by atomic mass is 9.83. The predicted octanol–water partition coefficient (Wildman–Crippen LogP) is 2.79. The molecule has 2 atom stereocenters. The van der Waals surface area contributed by atoms with E-state index in [0.29, 0.717) is 18.4 Å². The van der Waals surface area contributed by atoms with Crippen molar-refractivity contribution < 1.29 is 9.53 Å². The summed E-state index contributed by atoms with van der Waals surface area (Å²) in [6.07, 6.45) is 12.9. The number of nitrogens with two attached hydrogens (primary N) is 1. The first kappa shape index (κ1) is 14.2. The fourth-order valence-corrected chi connectivity index (χ4v) is 2.38. The monoisotopic (exact) mass is 239 g/mol. The first-order valence-electron chi connectivity index (χ1n) is 6.71. The van der Waals surface area contributed by atoms with Crippen molar-refractivity contribution in [3.8, 4) is 0 Å². The van der Waals surface area contributed by atoms with Crippen molar-refractivity contribution in [3.63, 3.8) is 0 Å². The molecule has 0 radical (unpaired) electrons. The number of hydrogen-bond acceptors (Lipinski definition) is 3. The lowest BCUT2D eigenvalue weighted by Crippen LogP contribution is -2.32. The van der Waals surface area contributed by atoms with Crippen LogP contribution in [-0.4, -0.2) is 19.1 Å². The first-order chi connectivity index (χ1) is 8.24. The van der Waals surface area contributed by atoms with Crippen LogP contribution in [0.5, 0.6) is 0 Å². The molecule has 3 nitrogen and oxygen atoms in total. The largest absolute Gasteiger partial charge is 0.469 e. The molecule has 3 heteroatoms. The third-order valence-electron chi connectivity index (χ3n) is 3.55. The summed E-state index contributed by atoms with van der Waals surface area (Å²) in [6.45, 7) is 0. The van der Waals surface area contributed by atoms with Crippen LogP contribution < -0.4 is 5.73 Å². The molecule has 1 aliphatic rings. The Morgan fingerprint density at radius 1 is 1.35 bits per heavy atom. The molecule has 17 heavy (non-hydrogen) atoms. The van der Waals surface area contributed by atoms with E-state index >= 15 is 0 Å². The molecule has 0 aliphatic heterocycles. The van der Waals surface area contributed by atoms with Gasteiger partial charge in [0.2, 0.25) is 0 Å². The Kier molecular flexibility index (Phi) is 6.94. The summed E-state index contributed by atoms with van der Waals surface area (Å²) in [5.41, 5.74) is 6.08. The molecule has 0 saturated heterocycles. The van der Waals surface area contributed by atoms with Gasteiger partial charge < -0.3 is 10.5 Å². The number of ether oxygens (including phenoxy) is 1. The lowest BCUT2D eigenvalue weighted by Gasteiger charge is -2.27. The van der Waals surface area contributed by atoms with E-state index < -0.39 is 0 Å². The van der Waals surface area contributed by atoms with Crippen LogP contribution in [0.2, 0.25) is 0 Å². The second-order valence-corrected chi connectivity index (χ2v) is 4.88. The molecule has 0 spiro atoms. The molecule has 1 fully saturated rings. The van der Waals surface area contributed by atoms with E-state index in [4.69, 9.17) is 5.73 Å².